The van der Waals surface area contributed by atoms with E-state index in [2.05, 4.69) is 21.2 Å². The molecule has 2 N–H and O–H groups in total. The van der Waals surface area contributed by atoms with Gasteiger partial charge in [-0.05, 0) is 44.5 Å². The molecule has 1 rings (SSSR count). The van der Waals surface area contributed by atoms with Crippen molar-refractivity contribution in [1.82, 2.24) is 5.32 Å². The lowest BCUT2D eigenvalue weighted by Gasteiger charge is -2.22. The van der Waals surface area contributed by atoms with Gasteiger partial charge in [0, 0.05) is 15.9 Å². The summed E-state index contributed by atoms with van der Waals surface area (Å²) in [6.45, 7) is 5.11. The number of amides is 1. The maximum atomic E-state index is 11.7. The fourth-order valence-electron chi connectivity index (χ4n) is 1.57. The monoisotopic (exact) mass is 377 g/mol. The van der Waals surface area contributed by atoms with Crippen molar-refractivity contribution < 1.29 is 19.4 Å². The summed E-state index contributed by atoms with van der Waals surface area (Å²) in [5, 5.41) is 12.1. The Hall–Kier alpha value is -1.27. The minimum absolute atomic E-state index is 0.0930. The molecule has 0 bridgehead atoms. The topological polar surface area (TPSA) is 75.6 Å². The number of carboxylic acid groups (broad SMARTS) is 1. The van der Waals surface area contributed by atoms with Crippen LogP contribution in [0.5, 0.6) is 0 Å². The Morgan fingerprint density at radius 3 is 2.57 bits per heavy atom. The SMILES string of the molecule is CC(C)(C)OC(=O)NC(Cc1cc(Cl)ccc1Br)C(=O)O. The molecule has 1 amide bonds. The molecule has 0 saturated heterocycles. The number of rotatable bonds is 4. The standard InChI is InChI=1S/C14H17BrClNO4/c1-14(2,3)21-13(20)17-11(12(18)19)7-8-6-9(16)4-5-10(8)15/h4-6,11H,7H2,1-3H3,(H,17,20)(H,18,19). The van der Waals surface area contributed by atoms with Crippen molar-refractivity contribution >= 4 is 39.6 Å². The van der Waals surface area contributed by atoms with Crippen LogP contribution in [0.2, 0.25) is 5.02 Å². The van der Waals surface area contributed by atoms with E-state index in [4.69, 9.17) is 16.3 Å². The van der Waals surface area contributed by atoms with Crippen molar-refractivity contribution in [2.75, 3.05) is 0 Å². The van der Waals surface area contributed by atoms with Gasteiger partial charge >= 0.3 is 12.1 Å². The molecular formula is C14H17BrClNO4. The first-order chi connectivity index (χ1) is 9.58. The second-order valence-corrected chi connectivity index (χ2v) is 6.77. The highest BCUT2D eigenvalue weighted by atomic mass is 79.9. The average Bonchev–Trinajstić information content (AvgIpc) is 2.30. The lowest BCUT2D eigenvalue weighted by atomic mass is 10.1. The molecule has 0 aliphatic carbocycles. The number of aliphatic carboxylic acids is 1. The number of carbonyl (C=O) groups excluding carboxylic acids is 1. The fourth-order valence-corrected chi connectivity index (χ4v) is 2.17. The van der Waals surface area contributed by atoms with Crippen molar-refractivity contribution in [3.63, 3.8) is 0 Å². The largest absolute Gasteiger partial charge is 0.480 e. The minimum Gasteiger partial charge on any atom is -0.480 e. The Bertz CT molecular complexity index is 542. The zero-order valence-electron chi connectivity index (χ0n) is 11.9. The molecule has 1 aromatic carbocycles. The van der Waals surface area contributed by atoms with Gasteiger partial charge in [-0.1, -0.05) is 27.5 Å². The highest BCUT2D eigenvalue weighted by Crippen LogP contribution is 2.22. The van der Waals surface area contributed by atoms with Gasteiger partial charge in [0.25, 0.3) is 0 Å². The van der Waals surface area contributed by atoms with Crippen LogP contribution in [-0.4, -0.2) is 28.8 Å². The molecule has 21 heavy (non-hydrogen) atoms. The van der Waals surface area contributed by atoms with Crippen LogP contribution < -0.4 is 5.32 Å². The first-order valence-corrected chi connectivity index (χ1v) is 7.42. The third-order valence-electron chi connectivity index (χ3n) is 2.42. The number of nitrogens with one attached hydrogen (secondary N) is 1. The van der Waals surface area contributed by atoms with Crippen LogP contribution in [0.15, 0.2) is 22.7 Å². The molecule has 0 radical (unpaired) electrons. The van der Waals surface area contributed by atoms with Crippen molar-refractivity contribution in [3.05, 3.63) is 33.3 Å². The molecular weight excluding hydrogens is 362 g/mol. The highest BCUT2D eigenvalue weighted by molar-refractivity contribution is 9.10. The van der Waals surface area contributed by atoms with Crippen LogP contribution in [0.3, 0.4) is 0 Å². The summed E-state index contributed by atoms with van der Waals surface area (Å²) in [4.78, 5) is 23.0. The highest BCUT2D eigenvalue weighted by Gasteiger charge is 2.24. The van der Waals surface area contributed by atoms with Crippen LogP contribution >= 0.6 is 27.5 Å². The fraction of sp³-hybridized carbons (Fsp3) is 0.429. The van der Waals surface area contributed by atoms with E-state index in [-0.39, 0.29) is 6.42 Å². The molecule has 5 nitrogen and oxygen atoms in total. The number of hydrogen-bond donors (Lipinski definition) is 2. The van der Waals surface area contributed by atoms with E-state index in [1.165, 1.54) is 0 Å². The summed E-state index contributed by atoms with van der Waals surface area (Å²) in [5.41, 5.74) is -0.00463. The maximum Gasteiger partial charge on any atom is 0.408 e. The van der Waals surface area contributed by atoms with E-state index in [9.17, 15) is 14.7 Å². The van der Waals surface area contributed by atoms with E-state index in [1.54, 1.807) is 39.0 Å². The first kappa shape index (κ1) is 17.8. The zero-order valence-corrected chi connectivity index (χ0v) is 14.3. The third kappa shape index (κ3) is 6.35. The minimum atomic E-state index is -1.15. The molecule has 0 saturated carbocycles. The summed E-state index contributed by atoms with van der Waals surface area (Å²) in [6, 6.07) is 3.96. The second kappa shape index (κ2) is 7.13. The lowest BCUT2D eigenvalue weighted by molar-refractivity contribution is -0.139. The van der Waals surface area contributed by atoms with Gasteiger partial charge in [0.15, 0.2) is 0 Å². The molecule has 0 spiro atoms. The quantitative estimate of drug-likeness (QED) is 0.839. The predicted molar refractivity (Wildman–Crippen MR) is 83.6 cm³/mol. The predicted octanol–water partition coefficient (Wildman–Crippen LogP) is 3.62. The number of carboxylic acids is 1. The van der Waals surface area contributed by atoms with Crippen LogP contribution in [0.4, 0.5) is 4.79 Å². The zero-order chi connectivity index (χ0) is 16.2. The Balaban J connectivity index is 2.81. The smallest absolute Gasteiger partial charge is 0.408 e. The third-order valence-corrected chi connectivity index (χ3v) is 3.43. The summed E-state index contributed by atoms with van der Waals surface area (Å²) < 4.78 is 5.78. The molecule has 1 unspecified atom stereocenters. The molecule has 1 atom stereocenters. The number of halogens is 2. The van der Waals surface area contributed by atoms with Crippen molar-refractivity contribution in [2.24, 2.45) is 0 Å². The van der Waals surface area contributed by atoms with Crippen molar-refractivity contribution in [3.8, 4) is 0 Å². The van der Waals surface area contributed by atoms with E-state index in [1.807, 2.05) is 0 Å². The van der Waals surface area contributed by atoms with E-state index < -0.39 is 23.7 Å². The number of hydrogen-bond acceptors (Lipinski definition) is 3. The van der Waals surface area contributed by atoms with Gasteiger partial charge in [0.1, 0.15) is 11.6 Å². The average molecular weight is 379 g/mol. The molecule has 0 heterocycles. The van der Waals surface area contributed by atoms with Crippen LogP contribution in [0, 0.1) is 0 Å². The van der Waals surface area contributed by atoms with Crippen molar-refractivity contribution in [1.29, 1.82) is 0 Å². The number of ether oxygens (including phenoxy) is 1. The van der Waals surface area contributed by atoms with Gasteiger partial charge in [0.2, 0.25) is 0 Å². The molecule has 7 heteroatoms. The molecule has 0 aliphatic heterocycles. The van der Waals surface area contributed by atoms with Gasteiger partial charge < -0.3 is 15.2 Å². The Morgan fingerprint density at radius 1 is 1.43 bits per heavy atom. The number of benzene rings is 1. The summed E-state index contributed by atoms with van der Waals surface area (Å²) in [5.74, 6) is -1.15. The Labute approximate surface area is 136 Å². The van der Waals surface area contributed by atoms with E-state index >= 15 is 0 Å². The summed E-state index contributed by atoms with van der Waals surface area (Å²) in [6.07, 6.45) is -0.677. The van der Waals surface area contributed by atoms with Gasteiger partial charge in [0.05, 0.1) is 0 Å². The Kier molecular flexibility index (Phi) is 6.04. The van der Waals surface area contributed by atoms with Gasteiger partial charge in [-0.25, -0.2) is 9.59 Å². The molecule has 1 aromatic rings. The Morgan fingerprint density at radius 2 is 2.05 bits per heavy atom. The summed E-state index contributed by atoms with van der Waals surface area (Å²) in [7, 11) is 0. The van der Waals surface area contributed by atoms with E-state index in [0.717, 1.165) is 4.47 Å². The molecule has 0 aromatic heterocycles. The van der Waals surface area contributed by atoms with Crippen LogP contribution in [-0.2, 0) is 16.0 Å². The summed E-state index contributed by atoms with van der Waals surface area (Å²) >= 11 is 9.22. The second-order valence-electron chi connectivity index (χ2n) is 5.48. The van der Waals surface area contributed by atoms with Gasteiger partial charge in [-0.3, -0.25) is 0 Å². The van der Waals surface area contributed by atoms with Crippen molar-refractivity contribution in [2.45, 2.75) is 38.8 Å². The number of carbonyl (C=O) groups is 2. The van der Waals surface area contributed by atoms with E-state index in [0.29, 0.717) is 10.6 Å². The van der Waals surface area contributed by atoms with Gasteiger partial charge in [-0.15, -0.1) is 0 Å². The van der Waals surface area contributed by atoms with Crippen LogP contribution in [0.1, 0.15) is 26.3 Å². The van der Waals surface area contributed by atoms with Crippen LogP contribution in [0.25, 0.3) is 0 Å². The molecule has 0 fully saturated rings. The first-order valence-electron chi connectivity index (χ1n) is 6.25. The lowest BCUT2D eigenvalue weighted by Crippen LogP contribution is -2.44. The van der Waals surface area contributed by atoms with Gasteiger partial charge in [-0.2, -0.15) is 0 Å². The molecule has 116 valence electrons. The number of alkyl carbamates (subject to hydrolysis) is 1. The normalized spacial score (nSPS) is 12.6. The molecule has 0 aliphatic rings. The maximum absolute atomic E-state index is 11.7.